The van der Waals surface area contributed by atoms with Crippen LogP contribution in [0.1, 0.15) is 35.7 Å². The Morgan fingerprint density at radius 2 is 2.04 bits per heavy atom. The zero-order chi connectivity index (χ0) is 18.7. The lowest BCUT2D eigenvalue weighted by Gasteiger charge is -2.26. The average molecular weight is 349 g/mol. The van der Waals surface area contributed by atoms with Gasteiger partial charge in [0.1, 0.15) is 6.04 Å². The van der Waals surface area contributed by atoms with E-state index in [1.807, 2.05) is 0 Å². The molecule has 0 spiro atoms. The summed E-state index contributed by atoms with van der Waals surface area (Å²) >= 11 is 0. The third-order valence-corrected chi connectivity index (χ3v) is 4.06. The number of aliphatic carboxylic acids is 1. The van der Waals surface area contributed by atoms with Gasteiger partial charge in [0.25, 0.3) is 11.6 Å². The summed E-state index contributed by atoms with van der Waals surface area (Å²) in [4.78, 5) is 47.1. The summed E-state index contributed by atoms with van der Waals surface area (Å²) in [5.74, 6) is -2.12. The smallest absolute Gasteiger partial charge is 0.326 e. The minimum absolute atomic E-state index is 0.0946. The van der Waals surface area contributed by atoms with E-state index in [0.717, 1.165) is 12.8 Å². The highest BCUT2D eigenvalue weighted by Gasteiger charge is 2.38. The molecule has 9 heteroatoms. The second-order valence-corrected chi connectivity index (χ2v) is 5.99. The molecule has 1 aliphatic rings. The number of amides is 2. The van der Waals surface area contributed by atoms with Crippen molar-refractivity contribution >= 4 is 23.5 Å². The molecule has 9 nitrogen and oxygen atoms in total. The molecule has 1 aliphatic carbocycles. The van der Waals surface area contributed by atoms with E-state index in [1.165, 1.54) is 36.9 Å². The number of nitro groups is 1. The van der Waals surface area contributed by atoms with Gasteiger partial charge < -0.3 is 15.3 Å². The first-order valence-corrected chi connectivity index (χ1v) is 7.79. The molecule has 2 rings (SSSR count). The van der Waals surface area contributed by atoms with Gasteiger partial charge in [0.15, 0.2) is 0 Å². The van der Waals surface area contributed by atoms with Crippen LogP contribution in [0.3, 0.4) is 0 Å². The summed E-state index contributed by atoms with van der Waals surface area (Å²) < 4.78 is 0. The molecule has 1 atom stereocenters. The van der Waals surface area contributed by atoms with Crippen LogP contribution in [0.2, 0.25) is 0 Å². The maximum Gasteiger partial charge on any atom is 0.326 e. The number of nitrogens with one attached hydrogen (secondary N) is 1. The van der Waals surface area contributed by atoms with Gasteiger partial charge in [-0.25, -0.2) is 4.79 Å². The third-order valence-electron chi connectivity index (χ3n) is 4.06. The average Bonchev–Trinajstić information content (AvgIpc) is 3.36. The molecule has 0 heterocycles. The molecular formula is C16H19N3O6. The van der Waals surface area contributed by atoms with Gasteiger partial charge in [0.2, 0.25) is 5.91 Å². The fourth-order valence-electron chi connectivity index (χ4n) is 2.56. The maximum atomic E-state index is 12.3. The van der Waals surface area contributed by atoms with Crippen molar-refractivity contribution in [3.63, 3.8) is 0 Å². The minimum Gasteiger partial charge on any atom is -0.480 e. The van der Waals surface area contributed by atoms with Crippen LogP contribution in [0.4, 0.5) is 5.69 Å². The summed E-state index contributed by atoms with van der Waals surface area (Å²) in [7, 11) is 0. The Morgan fingerprint density at radius 3 is 2.52 bits per heavy atom. The molecule has 0 aliphatic heterocycles. The fourth-order valence-corrected chi connectivity index (χ4v) is 2.56. The first-order valence-electron chi connectivity index (χ1n) is 7.79. The van der Waals surface area contributed by atoms with Gasteiger partial charge in [0, 0.05) is 23.2 Å². The number of hydrogen-bond acceptors (Lipinski definition) is 5. The van der Waals surface area contributed by atoms with Crippen LogP contribution >= 0.6 is 0 Å². The van der Waals surface area contributed by atoms with E-state index >= 15 is 0 Å². The zero-order valence-electron chi connectivity index (χ0n) is 13.9. The van der Waals surface area contributed by atoms with Gasteiger partial charge in [0.05, 0.1) is 11.5 Å². The topological polar surface area (TPSA) is 130 Å². The highest BCUT2D eigenvalue weighted by Crippen LogP contribution is 2.28. The predicted molar refractivity (Wildman–Crippen MR) is 87.1 cm³/mol. The summed E-state index contributed by atoms with van der Waals surface area (Å²) in [5, 5.41) is 22.3. The first kappa shape index (κ1) is 18.4. The lowest BCUT2D eigenvalue weighted by molar-refractivity contribution is -0.385. The van der Waals surface area contributed by atoms with E-state index in [2.05, 4.69) is 5.32 Å². The van der Waals surface area contributed by atoms with Gasteiger partial charge in [-0.15, -0.1) is 0 Å². The number of benzene rings is 1. The predicted octanol–water partition coefficient (Wildman–Crippen LogP) is 1.10. The van der Waals surface area contributed by atoms with E-state index in [1.54, 1.807) is 0 Å². The number of carbonyl (C=O) groups excluding carboxylic acids is 2. The van der Waals surface area contributed by atoms with E-state index in [4.69, 9.17) is 5.11 Å². The highest BCUT2D eigenvalue weighted by atomic mass is 16.6. The van der Waals surface area contributed by atoms with Crippen molar-refractivity contribution < 1.29 is 24.4 Å². The van der Waals surface area contributed by atoms with E-state index in [9.17, 15) is 24.5 Å². The lowest BCUT2D eigenvalue weighted by Crippen LogP contribution is -2.48. The molecule has 134 valence electrons. The summed E-state index contributed by atoms with van der Waals surface area (Å²) in [6.07, 6.45) is 1.50. The van der Waals surface area contributed by atoms with Gasteiger partial charge in [-0.2, -0.15) is 0 Å². The second-order valence-electron chi connectivity index (χ2n) is 5.99. The molecule has 2 N–H and O–H groups in total. The Bertz CT molecular complexity index is 729. The molecule has 1 aromatic rings. The van der Waals surface area contributed by atoms with Crippen LogP contribution in [0.15, 0.2) is 18.2 Å². The van der Waals surface area contributed by atoms with Crippen molar-refractivity contribution in [2.24, 2.45) is 0 Å². The van der Waals surface area contributed by atoms with Crippen molar-refractivity contribution in [3.8, 4) is 0 Å². The largest absolute Gasteiger partial charge is 0.480 e. The van der Waals surface area contributed by atoms with Gasteiger partial charge in [-0.05, 0) is 38.8 Å². The Balaban J connectivity index is 2.01. The number of nitrogens with zero attached hydrogens (tertiary/aromatic N) is 2. The molecule has 1 unspecified atom stereocenters. The van der Waals surface area contributed by atoms with Crippen molar-refractivity contribution in [2.75, 3.05) is 6.54 Å². The first-order chi connectivity index (χ1) is 11.7. The summed E-state index contributed by atoms with van der Waals surface area (Å²) in [6.45, 7) is 2.62. The van der Waals surface area contributed by atoms with Gasteiger partial charge in [-0.3, -0.25) is 19.7 Å². The second kappa shape index (κ2) is 7.29. The molecule has 1 fully saturated rings. The maximum absolute atomic E-state index is 12.3. The van der Waals surface area contributed by atoms with Crippen molar-refractivity contribution in [3.05, 3.63) is 39.4 Å². The number of carboxylic acid groups (broad SMARTS) is 1. The lowest BCUT2D eigenvalue weighted by atomic mass is 10.1. The molecule has 2 amide bonds. The van der Waals surface area contributed by atoms with Crippen LogP contribution in [0.5, 0.6) is 0 Å². The Morgan fingerprint density at radius 1 is 1.40 bits per heavy atom. The molecule has 0 saturated heterocycles. The fraction of sp³-hybridized carbons (Fsp3) is 0.438. The van der Waals surface area contributed by atoms with Crippen LogP contribution in [-0.2, 0) is 9.59 Å². The van der Waals surface area contributed by atoms with Crippen molar-refractivity contribution in [1.29, 1.82) is 0 Å². The minimum atomic E-state index is -1.10. The molecule has 0 bridgehead atoms. The van der Waals surface area contributed by atoms with E-state index < -0.39 is 28.7 Å². The summed E-state index contributed by atoms with van der Waals surface area (Å²) in [6, 6.07) is 2.85. The highest BCUT2D eigenvalue weighted by molar-refractivity contribution is 5.97. The molecule has 0 radical (unpaired) electrons. The molecule has 0 aromatic heterocycles. The zero-order valence-corrected chi connectivity index (χ0v) is 13.9. The standard InChI is InChI=1S/C16H19N3O6/c1-9-7-11(3-6-13(9)19(24)25)15(21)17-8-14(20)18(12-4-5-12)10(2)16(22)23/h3,6-7,10,12H,4-5,8H2,1-2H3,(H,17,21)(H,22,23). The van der Waals surface area contributed by atoms with Crippen molar-refractivity contribution in [2.45, 2.75) is 38.8 Å². The molecule has 1 aromatic carbocycles. The number of aryl methyl sites for hydroxylation is 1. The van der Waals surface area contributed by atoms with Crippen LogP contribution in [0, 0.1) is 17.0 Å². The summed E-state index contributed by atoms with van der Waals surface area (Å²) in [5.41, 5.74) is 0.436. The van der Waals surface area contributed by atoms with Gasteiger partial charge >= 0.3 is 5.97 Å². The Labute approximate surface area is 143 Å². The van der Waals surface area contributed by atoms with E-state index in [0.29, 0.717) is 5.56 Å². The normalized spacial score (nSPS) is 14.5. The third kappa shape index (κ3) is 4.31. The van der Waals surface area contributed by atoms with Crippen molar-refractivity contribution in [1.82, 2.24) is 10.2 Å². The molecular weight excluding hydrogens is 330 g/mol. The van der Waals surface area contributed by atoms with Gasteiger partial charge in [-0.1, -0.05) is 0 Å². The number of hydrogen-bond donors (Lipinski definition) is 2. The number of carbonyl (C=O) groups is 3. The molecule has 25 heavy (non-hydrogen) atoms. The monoisotopic (exact) mass is 349 g/mol. The Hall–Kier alpha value is -2.97. The van der Waals surface area contributed by atoms with Crippen LogP contribution in [0.25, 0.3) is 0 Å². The van der Waals surface area contributed by atoms with E-state index in [-0.39, 0.29) is 23.8 Å². The Kier molecular flexibility index (Phi) is 5.35. The number of rotatable bonds is 7. The molecule has 1 saturated carbocycles. The SMILES string of the molecule is Cc1cc(C(=O)NCC(=O)N(C2CC2)C(C)C(=O)O)ccc1[N+](=O)[O-]. The van der Waals surface area contributed by atoms with Crippen LogP contribution in [-0.4, -0.2) is 51.3 Å². The number of carboxylic acids is 1. The quantitative estimate of drug-likeness (QED) is 0.560. The van der Waals surface area contributed by atoms with Crippen LogP contribution < -0.4 is 5.32 Å². The number of nitro benzene ring substituents is 1.